The van der Waals surface area contributed by atoms with Gasteiger partial charge in [0.15, 0.2) is 5.78 Å². The van der Waals surface area contributed by atoms with E-state index in [-0.39, 0.29) is 48.5 Å². The average molecular weight is 406 g/mol. The Morgan fingerprint density at radius 2 is 1.89 bits per heavy atom. The standard InChI is InChI=1S/C18H18N2O7S/c1-13(21)14-3-2-4-15(11-14)27-18-6-5-16(12-17(18)20(22)23)28(24,25)19-7-9-26-10-8-19/h2-6,11-12H,7-10H2,1H3. The number of hydrogen-bond acceptors (Lipinski definition) is 7. The molecular weight excluding hydrogens is 388 g/mol. The number of nitrogens with zero attached hydrogens (tertiary/aromatic N) is 2. The Balaban J connectivity index is 1.95. The van der Waals surface area contributed by atoms with Gasteiger partial charge in [0, 0.05) is 24.7 Å². The average Bonchev–Trinajstić information content (AvgIpc) is 2.69. The summed E-state index contributed by atoms with van der Waals surface area (Å²) >= 11 is 0. The number of hydrogen-bond donors (Lipinski definition) is 0. The molecule has 148 valence electrons. The summed E-state index contributed by atoms with van der Waals surface area (Å²) in [7, 11) is -3.88. The number of ketones is 1. The number of carbonyl (C=O) groups is 1. The summed E-state index contributed by atoms with van der Waals surface area (Å²) in [5.41, 5.74) is -0.0887. The number of nitro groups is 1. The highest BCUT2D eigenvalue weighted by atomic mass is 32.2. The van der Waals surface area contributed by atoms with E-state index in [1.165, 1.54) is 29.4 Å². The molecule has 0 spiro atoms. The summed E-state index contributed by atoms with van der Waals surface area (Å²) in [4.78, 5) is 22.1. The monoisotopic (exact) mass is 406 g/mol. The Bertz CT molecular complexity index is 1010. The van der Waals surface area contributed by atoms with Crippen LogP contribution in [0.15, 0.2) is 47.4 Å². The van der Waals surface area contributed by atoms with Crippen molar-refractivity contribution in [3.63, 3.8) is 0 Å². The Kier molecular flexibility index (Phi) is 5.73. The first-order valence-electron chi connectivity index (χ1n) is 8.44. The predicted octanol–water partition coefficient (Wildman–Crippen LogP) is 2.61. The van der Waals surface area contributed by atoms with E-state index >= 15 is 0 Å². The Morgan fingerprint density at radius 3 is 2.54 bits per heavy atom. The number of morpholine rings is 1. The highest BCUT2D eigenvalue weighted by Gasteiger charge is 2.29. The zero-order valence-electron chi connectivity index (χ0n) is 15.0. The number of Topliss-reactive ketones (excluding diaryl/α,β-unsaturated/α-hetero) is 1. The molecule has 9 nitrogen and oxygen atoms in total. The van der Waals surface area contributed by atoms with E-state index in [2.05, 4.69) is 0 Å². The molecule has 0 radical (unpaired) electrons. The quantitative estimate of drug-likeness (QED) is 0.411. The van der Waals surface area contributed by atoms with Crippen molar-refractivity contribution in [2.45, 2.75) is 11.8 Å². The van der Waals surface area contributed by atoms with Gasteiger partial charge in [-0.2, -0.15) is 4.31 Å². The number of sulfonamides is 1. The molecular formula is C18H18N2O7S. The van der Waals surface area contributed by atoms with Gasteiger partial charge in [-0.15, -0.1) is 0 Å². The molecule has 0 bridgehead atoms. The van der Waals surface area contributed by atoms with Crippen molar-refractivity contribution in [2.24, 2.45) is 0 Å². The molecule has 28 heavy (non-hydrogen) atoms. The van der Waals surface area contributed by atoms with Gasteiger partial charge < -0.3 is 9.47 Å². The van der Waals surface area contributed by atoms with E-state index in [0.717, 1.165) is 6.07 Å². The molecule has 10 heteroatoms. The molecule has 1 fully saturated rings. The van der Waals surface area contributed by atoms with Crippen LogP contribution in [0.4, 0.5) is 5.69 Å². The highest BCUT2D eigenvalue weighted by Crippen LogP contribution is 2.34. The number of carbonyl (C=O) groups excluding carboxylic acids is 1. The fourth-order valence-corrected chi connectivity index (χ4v) is 4.16. The third kappa shape index (κ3) is 4.19. The zero-order valence-corrected chi connectivity index (χ0v) is 15.8. The van der Waals surface area contributed by atoms with Gasteiger partial charge in [0.1, 0.15) is 5.75 Å². The molecule has 0 amide bonds. The van der Waals surface area contributed by atoms with Crippen LogP contribution in [0.1, 0.15) is 17.3 Å². The molecule has 1 heterocycles. The molecule has 0 atom stereocenters. The number of rotatable bonds is 6. The topological polar surface area (TPSA) is 116 Å². The predicted molar refractivity (Wildman–Crippen MR) is 99.2 cm³/mol. The van der Waals surface area contributed by atoms with E-state index in [4.69, 9.17) is 9.47 Å². The van der Waals surface area contributed by atoms with Crippen molar-refractivity contribution < 1.29 is 27.6 Å². The van der Waals surface area contributed by atoms with Crippen LogP contribution >= 0.6 is 0 Å². The van der Waals surface area contributed by atoms with E-state index in [1.807, 2.05) is 0 Å². The van der Waals surface area contributed by atoms with Crippen LogP contribution in [-0.4, -0.2) is 49.7 Å². The van der Waals surface area contributed by atoms with E-state index in [9.17, 15) is 23.3 Å². The zero-order chi connectivity index (χ0) is 20.3. The van der Waals surface area contributed by atoms with Crippen molar-refractivity contribution in [1.82, 2.24) is 4.31 Å². The van der Waals surface area contributed by atoms with Crippen LogP contribution in [0.25, 0.3) is 0 Å². The van der Waals surface area contributed by atoms with Crippen LogP contribution in [-0.2, 0) is 14.8 Å². The summed E-state index contributed by atoms with van der Waals surface area (Å²) in [6.45, 7) is 2.31. The van der Waals surface area contributed by atoms with Crippen LogP contribution in [0.2, 0.25) is 0 Å². The maximum absolute atomic E-state index is 12.7. The van der Waals surface area contributed by atoms with Crippen molar-refractivity contribution in [3.05, 3.63) is 58.1 Å². The minimum Gasteiger partial charge on any atom is -0.450 e. The van der Waals surface area contributed by atoms with Crippen LogP contribution in [0, 0.1) is 10.1 Å². The molecule has 2 aromatic rings. The first-order valence-corrected chi connectivity index (χ1v) is 9.88. The lowest BCUT2D eigenvalue weighted by Gasteiger charge is -2.26. The third-order valence-corrected chi connectivity index (χ3v) is 6.10. The maximum atomic E-state index is 12.7. The number of nitro benzene ring substituents is 1. The Hall–Kier alpha value is -2.82. The second-order valence-electron chi connectivity index (χ2n) is 6.09. The third-order valence-electron chi connectivity index (χ3n) is 4.20. The minimum absolute atomic E-state index is 0.119. The lowest BCUT2D eigenvalue weighted by atomic mass is 10.1. The second-order valence-corrected chi connectivity index (χ2v) is 8.03. The van der Waals surface area contributed by atoms with Crippen molar-refractivity contribution in [3.8, 4) is 11.5 Å². The summed E-state index contributed by atoms with van der Waals surface area (Å²) in [5, 5.41) is 11.5. The SMILES string of the molecule is CC(=O)c1cccc(Oc2ccc(S(=O)(=O)N3CCOCC3)cc2[N+](=O)[O-])c1. The Morgan fingerprint density at radius 1 is 1.18 bits per heavy atom. The van der Waals surface area contributed by atoms with Crippen molar-refractivity contribution >= 4 is 21.5 Å². The van der Waals surface area contributed by atoms with Gasteiger partial charge >= 0.3 is 5.69 Å². The van der Waals surface area contributed by atoms with Crippen LogP contribution in [0.5, 0.6) is 11.5 Å². The molecule has 0 N–H and O–H groups in total. The molecule has 1 aliphatic heterocycles. The summed E-state index contributed by atoms with van der Waals surface area (Å²) in [5.74, 6) is -0.0573. The van der Waals surface area contributed by atoms with Gasteiger partial charge in [0.2, 0.25) is 15.8 Å². The van der Waals surface area contributed by atoms with E-state index in [0.29, 0.717) is 5.56 Å². The number of ether oxygens (including phenoxy) is 2. The molecule has 1 saturated heterocycles. The molecule has 0 unspecified atom stereocenters. The maximum Gasteiger partial charge on any atom is 0.312 e. The van der Waals surface area contributed by atoms with Crippen molar-refractivity contribution in [1.29, 1.82) is 0 Å². The lowest BCUT2D eigenvalue weighted by Crippen LogP contribution is -2.40. The molecule has 2 aromatic carbocycles. The highest BCUT2D eigenvalue weighted by molar-refractivity contribution is 7.89. The fraction of sp³-hybridized carbons (Fsp3) is 0.278. The van der Waals surface area contributed by atoms with Gasteiger partial charge in [0.25, 0.3) is 0 Å². The van der Waals surface area contributed by atoms with Crippen LogP contribution in [0.3, 0.4) is 0 Å². The van der Waals surface area contributed by atoms with Gasteiger partial charge in [-0.3, -0.25) is 14.9 Å². The fourth-order valence-electron chi connectivity index (χ4n) is 2.73. The van der Waals surface area contributed by atoms with E-state index < -0.39 is 20.6 Å². The Labute approximate surface area is 161 Å². The second kappa shape index (κ2) is 8.05. The van der Waals surface area contributed by atoms with Gasteiger partial charge in [0.05, 0.1) is 23.0 Å². The number of benzene rings is 2. The molecule has 0 aromatic heterocycles. The minimum atomic E-state index is -3.88. The normalized spacial score (nSPS) is 15.2. The molecule has 0 saturated carbocycles. The van der Waals surface area contributed by atoms with Gasteiger partial charge in [-0.05, 0) is 31.2 Å². The summed E-state index contributed by atoms with van der Waals surface area (Å²) < 4.78 is 37.4. The van der Waals surface area contributed by atoms with Gasteiger partial charge in [-0.25, -0.2) is 8.42 Å². The largest absolute Gasteiger partial charge is 0.450 e. The first kappa shape index (κ1) is 19.9. The van der Waals surface area contributed by atoms with Gasteiger partial charge in [-0.1, -0.05) is 12.1 Å². The smallest absolute Gasteiger partial charge is 0.312 e. The molecule has 0 aliphatic carbocycles. The van der Waals surface area contributed by atoms with Crippen LogP contribution < -0.4 is 4.74 Å². The van der Waals surface area contributed by atoms with Crippen molar-refractivity contribution in [2.75, 3.05) is 26.3 Å². The van der Waals surface area contributed by atoms with E-state index in [1.54, 1.807) is 18.2 Å². The lowest BCUT2D eigenvalue weighted by molar-refractivity contribution is -0.385. The summed E-state index contributed by atoms with van der Waals surface area (Å²) in [6, 6.07) is 9.69. The molecule has 3 rings (SSSR count). The molecule has 1 aliphatic rings. The summed E-state index contributed by atoms with van der Waals surface area (Å²) in [6.07, 6.45) is 0. The first-order chi connectivity index (χ1) is 13.3.